The van der Waals surface area contributed by atoms with Crippen LogP contribution in [0.15, 0.2) is 23.1 Å². The molecule has 0 aliphatic carbocycles. The summed E-state index contributed by atoms with van der Waals surface area (Å²) < 4.78 is 46.4. The number of alkyl halides is 3. The summed E-state index contributed by atoms with van der Waals surface area (Å²) in [7, 11) is 0. The minimum absolute atomic E-state index is 0.147. The number of carbonyl (C=O) groups is 1. The molecular formula is C15H18F3N3OS. The number of amides is 1. The van der Waals surface area contributed by atoms with Crippen LogP contribution in [0.2, 0.25) is 0 Å². The lowest BCUT2D eigenvalue weighted by Gasteiger charge is -2.35. The van der Waals surface area contributed by atoms with Gasteiger partial charge in [-0.1, -0.05) is 6.07 Å². The molecule has 23 heavy (non-hydrogen) atoms. The van der Waals surface area contributed by atoms with Crippen LogP contribution < -0.4 is 5.32 Å². The van der Waals surface area contributed by atoms with Crippen molar-refractivity contribution in [3.8, 4) is 0 Å². The number of rotatable bonds is 1. The Morgan fingerprint density at radius 2 is 2.09 bits per heavy atom. The highest BCUT2D eigenvalue weighted by Crippen LogP contribution is 2.38. The average Bonchev–Trinajstić information content (AvgIpc) is 2.73. The van der Waals surface area contributed by atoms with E-state index < -0.39 is 18.1 Å². The molecule has 0 radical (unpaired) electrons. The van der Waals surface area contributed by atoms with Crippen LogP contribution in [0.4, 0.5) is 13.2 Å². The molecule has 0 saturated carbocycles. The van der Waals surface area contributed by atoms with E-state index in [4.69, 9.17) is 1.37 Å². The van der Waals surface area contributed by atoms with Gasteiger partial charge in [-0.15, -0.1) is 11.8 Å². The van der Waals surface area contributed by atoms with Crippen molar-refractivity contribution in [2.75, 3.05) is 32.7 Å². The summed E-state index contributed by atoms with van der Waals surface area (Å²) in [5.41, 5.74) is -0.0234. The van der Waals surface area contributed by atoms with E-state index in [1.54, 1.807) is 0 Å². The topological polar surface area (TPSA) is 35.6 Å². The first-order valence-corrected chi connectivity index (χ1v) is 8.29. The van der Waals surface area contributed by atoms with E-state index in [9.17, 15) is 18.0 Å². The van der Waals surface area contributed by atoms with Gasteiger partial charge in [0, 0.05) is 44.2 Å². The lowest BCUT2D eigenvalue weighted by Crippen LogP contribution is -2.50. The number of nitrogens with zero attached hydrogens (tertiary/aromatic N) is 2. The van der Waals surface area contributed by atoms with Crippen molar-refractivity contribution in [2.45, 2.75) is 23.0 Å². The zero-order chi connectivity index (χ0) is 17.3. The highest BCUT2D eigenvalue weighted by Gasteiger charge is 2.33. The maximum Gasteiger partial charge on any atom is 0.416 e. The molecule has 2 aliphatic heterocycles. The summed E-state index contributed by atoms with van der Waals surface area (Å²) in [6, 6.07) is 3.62. The number of benzene rings is 1. The first kappa shape index (κ1) is 15.3. The van der Waals surface area contributed by atoms with Crippen LogP contribution >= 0.6 is 11.8 Å². The van der Waals surface area contributed by atoms with Crippen molar-refractivity contribution in [2.24, 2.45) is 0 Å². The molecule has 1 N–H and O–H groups in total. The van der Waals surface area contributed by atoms with Crippen LogP contribution in [-0.4, -0.2) is 54.3 Å². The van der Waals surface area contributed by atoms with Crippen LogP contribution in [0.5, 0.6) is 0 Å². The largest absolute Gasteiger partial charge is 0.416 e. The van der Waals surface area contributed by atoms with E-state index in [0.29, 0.717) is 17.0 Å². The molecule has 2 heterocycles. The van der Waals surface area contributed by atoms with Gasteiger partial charge in [0.2, 0.25) is 6.39 Å². The summed E-state index contributed by atoms with van der Waals surface area (Å²) in [6.07, 6.45) is -5.19. The number of carbonyl (C=O) groups excluding carboxylic acids is 1. The number of fused-ring (bicyclic) bond motifs is 1. The highest BCUT2D eigenvalue weighted by molar-refractivity contribution is 8.00. The molecule has 1 aromatic carbocycles. The molecule has 1 atom stereocenters. The van der Waals surface area contributed by atoms with Gasteiger partial charge in [0.05, 0.1) is 10.9 Å². The summed E-state index contributed by atoms with van der Waals surface area (Å²) in [5.74, 6) is 0. The molecule has 3 rings (SSSR count). The molecule has 1 saturated heterocycles. The predicted octanol–water partition coefficient (Wildman–Crippen LogP) is 2.00. The second-order valence-electron chi connectivity index (χ2n) is 5.65. The normalized spacial score (nSPS) is 23.9. The molecular weight excluding hydrogens is 327 g/mol. The Hall–Kier alpha value is -1.25. The van der Waals surface area contributed by atoms with Crippen molar-refractivity contribution < 1.29 is 19.3 Å². The second-order valence-corrected chi connectivity index (χ2v) is 6.87. The summed E-state index contributed by atoms with van der Waals surface area (Å²) in [5, 5.41) is 3.09. The second kappa shape index (κ2) is 6.70. The van der Waals surface area contributed by atoms with Crippen LogP contribution in [0.25, 0.3) is 0 Å². The van der Waals surface area contributed by atoms with E-state index in [-0.39, 0.29) is 11.9 Å². The van der Waals surface area contributed by atoms with Crippen molar-refractivity contribution >= 4 is 18.1 Å². The first-order valence-electron chi connectivity index (χ1n) is 7.91. The van der Waals surface area contributed by atoms with Crippen molar-refractivity contribution in [1.82, 2.24) is 15.1 Å². The SMILES string of the molecule is [2H]C(=O)N1Cc2ccc(C(F)(F)F)cc2SC(N2CCNCC2)C1. The number of nitrogens with one attached hydrogen (secondary N) is 1. The van der Waals surface area contributed by atoms with Crippen molar-refractivity contribution in [1.29, 1.82) is 0 Å². The van der Waals surface area contributed by atoms with Gasteiger partial charge in [-0.25, -0.2) is 0 Å². The van der Waals surface area contributed by atoms with Gasteiger partial charge in [0.1, 0.15) is 1.37 Å². The summed E-state index contributed by atoms with van der Waals surface area (Å²) in [4.78, 5) is 15.7. The molecule has 4 nitrogen and oxygen atoms in total. The number of thioether (sulfide) groups is 1. The lowest BCUT2D eigenvalue weighted by atomic mass is 10.1. The molecule has 0 spiro atoms. The Balaban J connectivity index is 1.92. The molecule has 1 unspecified atom stereocenters. The minimum atomic E-state index is -4.39. The molecule has 8 heteroatoms. The van der Waals surface area contributed by atoms with E-state index >= 15 is 0 Å². The highest BCUT2D eigenvalue weighted by atomic mass is 32.2. The zero-order valence-electron chi connectivity index (χ0n) is 13.4. The van der Waals surface area contributed by atoms with E-state index in [0.717, 1.165) is 38.3 Å². The maximum absolute atomic E-state index is 13.0. The van der Waals surface area contributed by atoms with E-state index in [2.05, 4.69) is 10.2 Å². The smallest absolute Gasteiger partial charge is 0.338 e. The fourth-order valence-corrected chi connectivity index (χ4v) is 4.23. The minimum Gasteiger partial charge on any atom is -0.338 e. The van der Waals surface area contributed by atoms with Crippen LogP contribution in [-0.2, 0) is 17.5 Å². The van der Waals surface area contributed by atoms with Gasteiger partial charge >= 0.3 is 6.18 Å². The zero-order valence-corrected chi connectivity index (χ0v) is 13.2. The Morgan fingerprint density at radius 3 is 2.74 bits per heavy atom. The van der Waals surface area contributed by atoms with Gasteiger partial charge in [0.25, 0.3) is 0 Å². The molecule has 0 aromatic heterocycles. The van der Waals surface area contributed by atoms with E-state index in [1.807, 2.05) is 0 Å². The third kappa shape index (κ3) is 3.81. The Kier molecular flexibility index (Phi) is 4.46. The number of piperazine rings is 1. The van der Waals surface area contributed by atoms with Gasteiger partial charge in [0.15, 0.2) is 0 Å². The van der Waals surface area contributed by atoms with Crippen LogP contribution in [0.1, 0.15) is 12.5 Å². The number of hydrogen-bond donors (Lipinski definition) is 1. The summed E-state index contributed by atoms with van der Waals surface area (Å²) in [6.45, 7) is 3.66. The Labute approximate surface area is 138 Å². The number of hydrogen-bond acceptors (Lipinski definition) is 4. The van der Waals surface area contributed by atoms with Gasteiger partial charge in [-0.05, 0) is 17.7 Å². The predicted molar refractivity (Wildman–Crippen MR) is 82.0 cm³/mol. The van der Waals surface area contributed by atoms with Gasteiger partial charge in [-0.3, -0.25) is 9.69 Å². The molecule has 0 bridgehead atoms. The van der Waals surface area contributed by atoms with Crippen LogP contribution in [0, 0.1) is 0 Å². The third-order valence-electron chi connectivity index (χ3n) is 4.08. The van der Waals surface area contributed by atoms with Crippen molar-refractivity contribution in [3.63, 3.8) is 0 Å². The third-order valence-corrected chi connectivity index (χ3v) is 5.44. The van der Waals surface area contributed by atoms with Gasteiger partial charge < -0.3 is 10.2 Å². The molecule has 1 aromatic rings. The van der Waals surface area contributed by atoms with Crippen molar-refractivity contribution in [3.05, 3.63) is 29.3 Å². The molecule has 1 amide bonds. The number of halogens is 3. The first-order chi connectivity index (χ1) is 11.3. The Morgan fingerprint density at radius 1 is 1.35 bits per heavy atom. The standard InChI is InChI=1S/C15H18F3N3OS/c16-15(17,18)12-2-1-11-8-20(10-22)9-14(23-13(11)7-12)21-5-3-19-4-6-21/h1-2,7,10,14,19H,3-6,8-9H2/i10D. The monoisotopic (exact) mass is 346 g/mol. The summed E-state index contributed by atoms with van der Waals surface area (Å²) >= 11 is 1.36. The average molecular weight is 346 g/mol. The molecule has 126 valence electrons. The quantitative estimate of drug-likeness (QED) is 0.789. The van der Waals surface area contributed by atoms with Gasteiger partial charge in [-0.2, -0.15) is 13.2 Å². The maximum atomic E-state index is 13.0. The molecule has 1 fully saturated rings. The fraction of sp³-hybridized carbons (Fsp3) is 0.533. The molecule has 2 aliphatic rings. The fourth-order valence-electron chi connectivity index (χ4n) is 2.84. The lowest BCUT2D eigenvalue weighted by molar-refractivity contribution is -0.137. The Bertz CT molecular complexity index is 622. The van der Waals surface area contributed by atoms with Crippen LogP contribution in [0.3, 0.4) is 0 Å². The van der Waals surface area contributed by atoms with E-state index in [1.165, 1.54) is 22.7 Å².